The predicted octanol–water partition coefficient (Wildman–Crippen LogP) is 16.5. The van der Waals surface area contributed by atoms with Gasteiger partial charge in [-0.1, -0.05) is 191 Å². The molecule has 0 bridgehead atoms. The molecule has 0 radical (unpaired) electrons. The molecule has 0 aromatic heterocycles. The maximum Gasteiger partial charge on any atom is 0.306 e. The van der Waals surface area contributed by atoms with E-state index in [2.05, 4.69) is 81.5 Å². The van der Waals surface area contributed by atoms with Gasteiger partial charge < -0.3 is 14.2 Å². The number of ether oxygens (including phenoxy) is 3. The molecule has 0 fully saturated rings. The van der Waals surface area contributed by atoms with Crippen molar-refractivity contribution in [3.05, 3.63) is 60.8 Å². The van der Waals surface area contributed by atoms with Gasteiger partial charge in [-0.2, -0.15) is 0 Å². The molecule has 1 atom stereocenters. The molecule has 6 nitrogen and oxygen atoms in total. The second kappa shape index (κ2) is 48.8. The van der Waals surface area contributed by atoms with Gasteiger partial charge in [0.05, 0.1) is 0 Å². The van der Waals surface area contributed by atoms with Crippen LogP contribution in [0.3, 0.4) is 0 Å². The second-order valence-electron chi connectivity index (χ2n) is 16.7. The Kier molecular flexibility index (Phi) is 46.4. The van der Waals surface area contributed by atoms with Crippen molar-refractivity contribution in [1.82, 2.24) is 0 Å². The Hall–Kier alpha value is -2.89. The lowest BCUT2D eigenvalue weighted by atomic mass is 10.1. The van der Waals surface area contributed by atoms with Crippen LogP contribution in [0.25, 0.3) is 0 Å². The Morgan fingerprint density at radius 1 is 0.333 bits per heavy atom. The van der Waals surface area contributed by atoms with E-state index in [4.69, 9.17) is 14.2 Å². The van der Waals surface area contributed by atoms with Crippen molar-refractivity contribution >= 4 is 17.9 Å². The first kappa shape index (κ1) is 57.1. The first-order chi connectivity index (χ1) is 29.5. The molecule has 346 valence electrons. The highest BCUT2D eigenvalue weighted by atomic mass is 16.6. The average molecular weight is 839 g/mol. The summed E-state index contributed by atoms with van der Waals surface area (Å²) in [6.45, 7) is 6.49. The summed E-state index contributed by atoms with van der Waals surface area (Å²) >= 11 is 0. The van der Waals surface area contributed by atoms with Crippen LogP contribution in [0.2, 0.25) is 0 Å². The Morgan fingerprint density at radius 2 is 0.650 bits per heavy atom. The number of unbranched alkanes of at least 4 members (excludes halogenated alkanes) is 24. The fraction of sp³-hybridized carbons (Fsp3) is 0.759. The second-order valence-corrected chi connectivity index (χ2v) is 16.7. The summed E-state index contributed by atoms with van der Waals surface area (Å²) in [6, 6.07) is 0. The minimum absolute atomic E-state index is 0.0869. The molecule has 60 heavy (non-hydrogen) atoms. The maximum absolute atomic E-state index is 12.8. The van der Waals surface area contributed by atoms with E-state index < -0.39 is 6.10 Å². The van der Waals surface area contributed by atoms with Crippen molar-refractivity contribution in [2.45, 2.75) is 252 Å². The lowest BCUT2D eigenvalue weighted by Gasteiger charge is -2.18. The highest BCUT2D eigenvalue weighted by Gasteiger charge is 2.19. The van der Waals surface area contributed by atoms with Crippen LogP contribution in [0.15, 0.2) is 60.8 Å². The normalized spacial score (nSPS) is 12.5. The molecular weight excluding hydrogens is 745 g/mol. The molecule has 0 aromatic carbocycles. The SMILES string of the molecule is CCC/C=C\CCCCCCCC(=O)OCC(COC(=O)CCCCCCCCC/C=C\C/C=C\CCCCCC)OC(=O)CCCCCCC/C=C\C/C=C\CCCC. The highest BCUT2D eigenvalue weighted by Crippen LogP contribution is 2.14. The predicted molar refractivity (Wildman–Crippen MR) is 256 cm³/mol. The first-order valence-electron chi connectivity index (χ1n) is 25.3. The lowest BCUT2D eigenvalue weighted by Crippen LogP contribution is -2.30. The highest BCUT2D eigenvalue weighted by molar-refractivity contribution is 5.71. The molecule has 0 aromatic rings. The Balaban J connectivity index is 4.37. The summed E-state index contributed by atoms with van der Waals surface area (Å²) in [7, 11) is 0. The van der Waals surface area contributed by atoms with E-state index in [0.717, 1.165) is 109 Å². The molecule has 0 heterocycles. The summed E-state index contributed by atoms with van der Waals surface area (Å²) < 4.78 is 16.7. The van der Waals surface area contributed by atoms with Crippen LogP contribution in [0, 0.1) is 0 Å². The van der Waals surface area contributed by atoms with E-state index in [1.165, 1.54) is 96.3 Å². The number of hydrogen-bond donors (Lipinski definition) is 0. The molecule has 0 amide bonds. The minimum Gasteiger partial charge on any atom is -0.462 e. The van der Waals surface area contributed by atoms with Crippen LogP contribution in [-0.4, -0.2) is 37.2 Å². The van der Waals surface area contributed by atoms with Gasteiger partial charge in [-0.15, -0.1) is 0 Å². The van der Waals surface area contributed by atoms with Crippen LogP contribution in [0.5, 0.6) is 0 Å². The van der Waals surface area contributed by atoms with Crippen molar-refractivity contribution in [2.24, 2.45) is 0 Å². The van der Waals surface area contributed by atoms with Crippen LogP contribution in [-0.2, 0) is 28.6 Å². The molecule has 0 aliphatic rings. The minimum atomic E-state index is -0.786. The molecule has 6 heteroatoms. The summed E-state index contributed by atoms with van der Waals surface area (Å²) in [6.07, 6.45) is 59.2. The molecule has 0 spiro atoms. The molecule has 0 rings (SSSR count). The van der Waals surface area contributed by atoms with Crippen LogP contribution < -0.4 is 0 Å². The molecule has 1 unspecified atom stereocenters. The van der Waals surface area contributed by atoms with Crippen molar-refractivity contribution in [3.8, 4) is 0 Å². The third-order valence-corrected chi connectivity index (χ3v) is 10.7. The third-order valence-electron chi connectivity index (χ3n) is 10.7. The number of esters is 3. The zero-order valence-corrected chi connectivity index (χ0v) is 39.5. The molecule has 0 saturated heterocycles. The quantitative estimate of drug-likeness (QED) is 0.0263. The summed E-state index contributed by atoms with van der Waals surface area (Å²) in [5, 5.41) is 0. The fourth-order valence-electron chi connectivity index (χ4n) is 6.84. The summed E-state index contributed by atoms with van der Waals surface area (Å²) in [5.74, 6) is -0.918. The van der Waals surface area contributed by atoms with Gasteiger partial charge in [0.15, 0.2) is 6.10 Å². The van der Waals surface area contributed by atoms with Crippen LogP contribution >= 0.6 is 0 Å². The lowest BCUT2D eigenvalue weighted by molar-refractivity contribution is -0.167. The number of allylic oxidation sites excluding steroid dienone is 10. The van der Waals surface area contributed by atoms with Gasteiger partial charge in [0, 0.05) is 19.3 Å². The van der Waals surface area contributed by atoms with E-state index in [-0.39, 0.29) is 31.1 Å². The Morgan fingerprint density at radius 3 is 1.05 bits per heavy atom. The van der Waals surface area contributed by atoms with E-state index in [1.54, 1.807) is 0 Å². The van der Waals surface area contributed by atoms with Crippen molar-refractivity contribution in [2.75, 3.05) is 13.2 Å². The van der Waals surface area contributed by atoms with E-state index in [1.807, 2.05) is 0 Å². The molecule has 0 aliphatic heterocycles. The van der Waals surface area contributed by atoms with Gasteiger partial charge in [-0.3, -0.25) is 14.4 Å². The van der Waals surface area contributed by atoms with E-state index in [0.29, 0.717) is 19.3 Å². The van der Waals surface area contributed by atoms with Gasteiger partial charge in [0.2, 0.25) is 0 Å². The topological polar surface area (TPSA) is 78.9 Å². The van der Waals surface area contributed by atoms with Crippen molar-refractivity contribution in [1.29, 1.82) is 0 Å². The average Bonchev–Trinajstić information content (AvgIpc) is 3.24. The van der Waals surface area contributed by atoms with Crippen LogP contribution in [0.1, 0.15) is 245 Å². The van der Waals surface area contributed by atoms with Crippen LogP contribution in [0.4, 0.5) is 0 Å². The van der Waals surface area contributed by atoms with Crippen molar-refractivity contribution in [3.63, 3.8) is 0 Å². The zero-order chi connectivity index (χ0) is 43.7. The zero-order valence-electron chi connectivity index (χ0n) is 39.5. The molecular formula is C54H94O6. The van der Waals surface area contributed by atoms with Gasteiger partial charge >= 0.3 is 17.9 Å². The summed E-state index contributed by atoms with van der Waals surface area (Å²) in [5.41, 5.74) is 0. The Labute approximate surface area is 370 Å². The molecule has 0 N–H and O–H groups in total. The standard InChI is InChI=1S/C54H94O6/c1-4-7-10-13-16-19-22-24-26-27-28-29-31-32-35-38-41-44-47-53(56)59-50-51(49-58-52(55)46-43-40-37-34-21-18-15-12-9-6-3)60-54(57)48-45-42-39-36-33-30-25-23-20-17-14-11-8-5-2/h12,14-15,17,19,22-23,25-27,51H,4-11,13,16,18,20-21,24,28-50H2,1-3H3/b15-12-,17-14-,22-19-,25-23-,27-26-. The van der Waals surface area contributed by atoms with E-state index in [9.17, 15) is 14.4 Å². The van der Waals surface area contributed by atoms with Gasteiger partial charge in [-0.25, -0.2) is 0 Å². The van der Waals surface area contributed by atoms with Crippen molar-refractivity contribution < 1.29 is 28.6 Å². The van der Waals surface area contributed by atoms with Gasteiger partial charge in [0.25, 0.3) is 0 Å². The number of carbonyl (C=O) groups excluding carboxylic acids is 3. The Bertz CT molecular complexity index is 1100. The first-order valence-corrected chi connectivity index (χ1v) is 25.3. The van der Waals surface area contributed by atoms with Gasteiger partial charge in [-0.05, 0) is 96.3 Å². The van der Waals surface area contributed by atoms with E-state index >= 15 is 0 Å². The smallest absolute Gasteiger partial charge is 0.306 e. The fourth-order valence-corrected chi connectivity index (χ4v) is 6.84. The largest absolute Gasteiger partial charge is 0.462 e. The van der Waals surface area contributed by atoms with Gasteiger partial charge in [0.1, 0.15) is 13.2 Å². The summed E-state index contributed by atoms with van der Waals surface area (Å²) in [4.78, 5) is 37.9. The monoisotopic (exact) mass is 839 g/mol. The maximum atomic E-state index is 12.8. The molecule has 0 saturated carbocycles. The number of rotatable bonds is 45. The number of hydrogen-bond acceptors (Lipinski definition) is 6. The third kappa shape index (κ3) is 46.2. The molecule has 0 aliphatic carbocycles. The number of carbonyl (C=O) groups is 3.